The lowest BCUT2D eigenvalue weighted by atomic mass is 10.1. The molecule has 1 atom stereocenters. The number of ether oxygens (including phenoxy) is 1. The fourth-order valence-electron chi connectivity index (χ4n) is 2.70. The predicted molar refractivity (Wildman–Crippen MR) is 92.9 cm³/mol. The Morgan fingerprint density at radius 1 is 1.39 bits per heavy atom. The van der Waals surface area contributed by atoms with E-state index in [0.29, 0.717) is 19.7 Å². The maximum Gasteiger partial charge on any atom is 0.234 e. The molecule has 1 fully saturated rings. The highest BCUT2D eigenvalue weighted by Crippen LogP contribution is 2.09. The molecule has 2 rings (SSSR count). The third kappa shape index (κ3) is 6.87. The Morgan fingerprint density at radius 2 is 2.13 bits per heavy atom. The SMILES string of the molecule is CN(C)CC1CN(CC(=O)NCCc2ccc(Cl)cc2)CCO1. The molecule has 1 amide bonds. The van der Waals surface area contributed by atoms with Crippen LogP contribution in [0.1, 0.15) is 5.56 Å². The van der Waals surface area contributed by atoms with Crippen molar-refractivity contribution in [2.75, 3.05) is 53.4 Å². The Balaban J connectivity index is 1.66. The van der Waals surface area contributed by atoms with Crippen molar-refractivity contribution in [1.82, 2.24) is 15.1 Å². The van der Waals surface area contributed by atoms with Crippen molar-refractivity contribution in [3.63, 3.8) is 0 Å². The quantitative estimate of drug-likeness (QED) is 0.812. The van der Waals surface area contributed by atoms with Crippen molar-refractivity contribution in [3.8, 4) is 0 Å². The van der Waals surface area contributed by atoms with E-state index in [0.717, 1.165) is 31.1 Å². The lowest BCUT2D eigenvalue weighted by molar-refractivity contribution is -0.124. The first-order valence-corrected chi connectivity index (χ1v) is 8.40. The highest BCUT2D eigenvalue weighted by atomic mass is 35.5. The summed E-state index contributed by atoms with van der Waals surface area (Å²) in [7, 11) is 4.07. The maximum atomic E-state index is 12.1. The number of carbonyl (C=O) groups is 1. The summed E-state index contributed by atoms with van der Waals surface area (Å²) in [6.07, 6.45) is 0.996. The molecule has 23 heavy (non-hydrogen) atoms. The molecule has 1 unspecified atom stereocenters. The van der Waals surface area contributed by atoms with E-state index in [9.17, 15) is 4.79 Å². The molecular weight excluding hydrogens is 314 g/mol. The molecule has 1 N–H and O–H groups in total. The van der Waals surface area contributed by atoms with Crippen molar-refractivity contribution in [2.45, 2.75) is 12.5 Å². The predicted octanol–water partition coefficient (Wildman–Crippen LogP) is 1.26. The fourth-order valence-corrected chi connectivity index (χ4v) is 2.82. The van der Waals surface area contributed by atoms with E-state index in [2.05, 4.69) is 15.1 Å². The molecule has 6 heteroatoms. The third-order valence-electron chi connectivity index (χ3n) is 3.81. The zero-order valence-electron chi connectivity index (χ0n) is 13.9. The number of nitrogens with one attached hydrogen (secondary N) is 1. The van der Waals surface area contributed by atoms with Crippen LogP contribution in [0.3, 0.4) is 0 Å². The Hall–Kier alpha value is -1.14. The van der Waals surface area contributed by atoms with Gasteiger partial charge in [0.2, 0.25) is 5.91 Å². The van der Waals surface area contributed by atoms with E-state index in [1.807, 2.05) is 38.4 Å². The Kier molecular flexibility index (Phi) is 7.30. The molecule has 1 saturated heterocycles. The van der Waals surface area contributed by atoms with Gasteiger partial charge < -0.3 is 15.0 Å². The Morgan fingerprint density at radius 3 is 2.83 bits per heavy atom. The highest BCUT2D eigenvalue weighted by Gasteiger charge is 2.22. The number of halogens is 1. The van der Waals surface area contributed by atoms with Gasteiger partial charge in [0.1, 0.15) is 0 Å². The van der Waals surface area contributed by atoms with E-state index >= 15 is 0 Å². The topological polar surface area (TPSA) is 44.8 Å². The van der Waals surface area contributed by atoms with Crippen LogP contribution in [0.5, 0.6) is 0 Å². The average molecular weight is 340 g/mol. The average Bonchev–Trinajstić information content (AvgIpc) is 2.49. The number of hydrogen-bond acceptors (Lipinski definition) is 4. The van der Waals surface area contributed by atoms with Gasteiger partial charge in [-0.1, -0.05) is 23.7 Å². The molecule has 0 saturated carbocycles. The molecule has 1 aromatic carbocycles. The van der Waals surface area contributed by atoms with Gasteiger partial charge in [-0.05, 0) is 38.2 Å². The van der Waals surface area contributed by atoms with E-state index in [1.54, 1.807) is 0 Å². The summed E-state index contributed by atoms with van der Waals surface area (Å²) in [6, 6.07) is 7.72. The smallest absolute Gasteiger partial charge is 0.234 e. The van der Waals surface area contributed by atoms with E-state index in [4.69, 9.17) is 16.3 Å². The summed E-state index contributed by atoms with van der Waals surface area (Å²) in [4.78, 5) is 16.3. The lowest BCUT2D eigenvalue weighted by Crippen LogP contribution is -2.49. The normalized spacial score (nSPS) is 19.0. The van der Waals surface area contributed by atoms with Crippen LogP contribution in [0.2, 0.25) is 5.02 Å². The minimum atomic E-state index is 0.0736. The zero-order valence-corrected chi connectivity index (χ0v) is 14.7. The van der Waals surface area contributed by atoms with Gasteiger partial charge in [0.05, 0.1) is 19.3 Å². The van der Waals surface area contributed by atoms with E-state index < -0.39 is 0 Å². The minimum absolute atomic E-state index is 0.0736. The first kappa shape index (κ1) is 18.2. The summed E-state index contributed by atoms with van der Waals surface area (Å²) in [5.74, 6) is 0.0736. The van der Waals surface area contributed by atoms with Crippen molar-refractivity contribution in [2.24, 2.45) is 0 Å². The molecule has 0 radical (unpaired) electrons. The van der Waals surface area contributed by atoms with Gasteiger partial charge >= 0.3 is 0 Å². The van der Waals surface area contributed by atoms with Crippen LogP contribution in [0.25, 0.3) is 0 Å². The number of carbonyl (C=O) groups excluding carboxylic acids is 1. The summed E-state index contributed by atoms with van der Waals surface area (Å²) in [5.41, 5.74) is 1.17. The van der Waals surface area contributed by atoms with Gasteiger partial charge in [0.25, 0.3) is 0 Å². The van der Waals surface area contributed by atoms with Crippen LogP contribution in [-0.4, -0.2) is 75.2 Å². The number of amides is 1. The van der Waals surface area contributed by atoms with Gasteiger partial charge in [-0.15, -0.1) is 0 Å². The standard InChI is InChI=1S/C17H26ClN3O2/c1-20(2)11-16-12-21(9-10-23-16)13-17(22)19-8-7-14-3-5-15(18)6-4-14/h3-6,16H,7-13H2,1-2H3,(H,19,22). The Labute approximate surface area is 143 Å². The van der Waals surface area contributed by atoms with Crippen molar-refractivity contribution in [3.05, 3.63) is 34.9 Å². The number of likely N-dealkylation sites (N-methyl/N-ethyl adjacent to an activating group) is 1. The van der Waals surface area contributed by atoms with Crippen LogP contribution in [0.15, 0.2) is 24.3 Å². The molecule has 1 aromatic rings. The van der Waals surface area contributed by atoms with Crippen molar-refractivity contribution in [1.29, 1.82) is 0 Å². The first-order valence-electron chi connectivity index (χ1n) is 8.03. The summed E-state index contributed by atoms with van der Waals surface area (Å²) in [6.45, 7) is 4.28. The number of benzene rings is 1. The molecule has 0 bridgehead atoms. The van der Waals surface area contributed by atoms with Crippen molar-refractivity contribution < 1.29 is 9.53 Å². The molecule has 1 aliphatic heterocycles. The van der Waals surface area contributed by atoms with Gasteiger partial charge in [-0.25, -0.2) is 0 Å². The highest BCUT2D eigenvalue weighted by molar-refractivity contribution is 6.30. The molecule has 0 aliphatic carbocycles. The minimum Gasteiger partial charge on any atom is -0.374 e. The van der Waals surface area contributed by atoms with Gasteiger partial charge in [-0.3, -0.25) is 9.69 Å². The number of hydrogen-bond donors (Lipinski definition) is 1. The number of rotatable bonds is 7. The summed E-state index contributed by atoms with van der Waals surface area (Å²) in [5, 5.41) is 3.72. The van der Waals surface area contributed by atoms with Crippen LogP contribution < -0.4 is 5.32 Å². The molecule has 0 spiro atoms. The molecule has 5 nitrogen and oxygen atoms in total. The lowest BCUT2D eigenvalue weighted by Gasteiger charge is -2.33. The molecule has 128 valence electrons. The molecule has 1 heterocycles. The van der Waals surface area contributed by atoms with Crippen molar-refractivity contribution >= 4 is 17.5 Å². The number of nitrogens with zero attached hydrogens (tertiary/aromatic N) is 2. The second-order valence-corrected chi connectivity index (χ2v) is 6.65. The molecule has 0 aromatic heterocycles. The zero-order chi connectivity index (χ0) is 16.7. The first-order chi connectivity index (χ1) is 11.0. The largest absolute Gasteiger partial charge is 0.374 e. The second-order valence-electron chi connectivity index (χ2n) is 6.22. The van der Waals surface area contributed by atoms with E-state index in [1.165, 1.54) is 5.56 Å². The van der Waals surface area contributed by atoms with Gasteiger partial charge in [0.15, 0.2) is 0 Å². The third-order valence-corrected chi connectivity index (χ3v) is 4.06. The van der Waals surface area contributed by atoms with Crippen LogP contribution in [0, 0.1) is 0 Å². The van der Waals surface area contributed by atoms with Crippen LogP contribution in [-0.2, 0) is 16.0 Å². The second kappa shape index (κ2) is 9.23. The van der Waals surface area contributed by atoms with Gasteiger partial charge in [-0.2, -0.15) is 0 Å². The molecule has 1 aliphatic rings. The maximum absolute atomic E-state index is 12.1. The fraction of sp³-hybridized carbons (Fsp3) is 0.588. The van der Waals surface area contributed by atoms with Crippen LogP contribution >= 0.6 is 11.6 Å². The monoisotopic (exact) mass is 339 g/mol. The van der Waals surface area contributed by atoms with Crippen LogP contribution in [0.4, 0.5) is 0 Å². The van der Waals surface area contributed by atoms with Gasteiger partial charge in [0, 0.05) is 31.2 Å². The summed E-state index contributed by atoms with van der Waals surface area (Å²) < 4.78 is 5.72. The van der Waals surface area contributed by atoms with E-state index in [-0.39, 0.29) is 12.0 Å². The number of morpholine rings is 1. The molecular formula is C17H26ClN3O2. The Bertz CT molecular complexity index is 493. The summed E-state index contributed by atoms with van der Waals surface area (Å²) >= 11 is 5.86.